The van der Waals surface area contributed by atoms with Crippen molar-refractivity contribution < 1.29 is 18.3 Å². The molecule has 2 N–H and O–H groups in total. The summed E-state index contributed by atoms with van der Waals surface area (Å²) in [5, 5.41) is 9.13. The Morgan fingerprint density at radius 1 is 1.44 bits per heavy atom. The molecular weight excluding hydrogens is 340 g/mol. The number of aromatic carboxylic acids is 1. The summed E-state index contributed by atoms with van der Waals surface area (Å²) in [6.45, 7) is 8.38. The normalized spacial score (nSPS) is 20.4. The van der Waals surface area contributed by atoms with Gasteiger partial charge in [0.2, 0.25) is 10.0 Å². The quantitative estimate of drug-likeness (QED) is 0.771. The van der Waals surface area contributed by atoms with E-state index in [1.54, 1.807) is 6.07 Å². The van der Waals surface area contributed by atoms with Gasteiger partial charge in [-0.1, -0.05) is 19.9 Å². The molecule has 1 aromatic rings. The summed E-state index contributed by atoms with van der Waals surface area (Å²) in [5.74, 6) is -0.499. The van der Waals surface area contributed by atoms with Gasteiger partial charge in [0, 0.05) is 19.1 Å². The van der Waals surface area contributed by atoms with Crippen LogP contribution in [0, 0.1) is 5.92 Å². The zero-order chi connectivity index (χ0) is 18.6. The van der Waals surface area contributed by atoms with Crippen LogP contribution < -0.4 is 4.72 Å². The Morgan fingerprint density at radius 3 is 2.76 bits per heavy atom. The van der Waals surface area contributed by atoms with E-state index >= 15 is 0 Å². The van der Waals surface area contributed by atoms with E-state index < -0.39 is 16.0 Å². The minimum absolute atomic E-state index is 0.0181. The summed E-state index contributed by atoms with van der Waals surface area (Å²) < 4.78 is 28.1. The highest BCUT2D eigenvalue weighted by Gasteiger charge is 2.24. The van der Waals surface area contributed by atoms with Gasteiger partial charge in [-0.25, -0.2) is 17.9 Å². The summed E-state index contributed by atoms with van der Waals surface area (Å²) in [6.07, 6.45) is 2.88. The fourth-order valence-electron chi connectivity index (χ4n) is 3.29. The number of aryl methyl sites for hydroxylation is 1. The van der Waals surface area contributed by atoms with Gasteiger partial charge in [0.1, 0.15) is 0 Å². The zero-order valence-corrected chi connectivity index (χ0v) is 16.0. The number of likely N-dealkylation sites (tertiary alicyclic amines) is 1. The van der Waals surface area contributed by atoms with Crippen LogP contribution in [-0.2, 0) is 16.4 Å². The fraction of sp³-hybridized carbons (Fsp3) is 0.611. The molecule has 1 heterocycles. The number of carbonyl (C=O) groups is 1. The van der Waals surface area contributed by atoms with Gasteiger partial charge in [0.05, 0.1) is 10.5 Å². The molecule has 0 amide bonds. The van der Waals surface area contributed by atoms with Crippen LogP contribution in [0.3, 0.4) is 0 Å². The van der Waals surface area contributed by atoms with Crippen molar-refractivity contribution in [3.05, 3.63) is 29.3 Å². The minimum atomic E-state index is -3.75. The van der Waals surface area contributed by atoms with E-state index in [1.165, 1.54) is 18.6 Å². The number of rotatable bonds is 7. The van der Waals surface area contributed by atoms with Gasteiger partial charge in [0.25, 0.3) is 0 Å². The van der Waals surface area contributed by atoms with Gasteiger partial charge in [-0.2, -0.15) is 0 Å². The van der Waals surface area contributed by atoms with Crippen LogP contribution in [0.4, 0.5) is 0 Å². The summed E-state index contributed by atoms with van der Waals surface area (Å²) in [4.78, 5) is 13.5. The van der Waals surface area contributed by atoms with Crippen molar-refractivity contribution in [2.75, 3.05) is 19.6 Å². The number of carboxylic acids is 1. The number of nitrogens with zero attached hydrogens (tertiary/aromatic N) is 1. The third kappa shape index (κ3) is 5.03. The second kappa shape index (κ2) is 8.29. The molecule has 0 radical (unpaired) electrons. The molecule has 2 rings (SSSR count). The van der Waals surface area contributed by atoms with Crippen molar-refractivity contribution in [3.8, 4) is 0 Å². The van der Waals surface area contributed by atoms with Crippen molar-refractivity contribution in [2.45, 2.75) is 51.0 Å². The molecular formula is C18H28N2O4S. The van der Waals surface area contributed by atoms with Crippen LogP contribution in [-0.4, -0.2) is 50.1 Å². The van der Waals surface area contributed by atoms with Crippen LogP contribution in [0.5, 0.6) is 0 Å². The first-order valence-electron chi connectivity index (χ1n) is 8.84. The Bertz CT molecular complexity index is 718. The topological polar surface area (TPSA) is 86.7 Å². The molecule has 1 saturated heterocycles. The molecule has 0 saturated carbocycles. The molecule has 0 aromatic heterocycles. The Balaban J connectivity index is 2.13. The molecule has 0 aliphatic carbocycles. The lowest BCUT2D eigenvalue weighted by Gasteiger charge is -2.35. The highest BCUT2D eigenvalue weighted by atomic mass is 32.2. The number of hydrogen-bond acceptors (Lipinski definition) is 4. The number of hydrogen-bond donors (Lipinski definition) is 2. The first-order valence-corrected chi connectivity index (χ1v) is 10.3. The SMILES string of the molecule is CCc1ccc(C(=O)O)cc1S(=O)(=O)NCC(C)N1CCCC(C)C1. The van der Waals surface area contributed by atoms with Gasteiger partial charge < -0.3 is 5.11 Å². The molecule has 25 heavy (non-hydrogen) atoms. The first kappa shape index (κ1) is 19.9. The zero-order valence-electron chi connectivity index (χ0n) is 15.2. The predicted molar refractivity (Wildman–Crippen MR) is 97.4 cm³/mol. The first-order chi connectivity index (χ1) is 11.7. The lowest BCUT2D eigenvalue weighted by atomic mass is 9.99. The predicted octanol–water partition coefficient (Wildman–Crippen LogP) is 2.35. The molecule has 1 aliphatic heterocycles. The fourth-order valence-corrected chi connectivity index (χ4v) is 4.75. The molecule has 140 valence electrons. The third-order valence-electron chi connectivity index (χ3n) is 4.87. The maximum Gasteiger partial charge on any atom is 0.335 e. The average Bonchev–Trinajstić information content (AvgIpc) is 2.59. The maximum atomic E-state index is 12.7. The van der Waals surface area contributed by atoms with E-state index in [0.717, 1.165) is 19.5 Å². The second-order valence-electron chi connectivity index (χ2n) is 6.92. The Hall–Kier alpha value is -1.44. The number of nitrogens with one attached hydrogen (secondary N) is 1. The second-order valence-corrected chi connectivity index (χ2v) is 8.66. The molecule has 1 fully saturated rings. The summed E-state index contributed by atoms with van der Waals surface area (Å²) in [5.41, 5.74) is 0.604. The van der Waals surface area contributed by atoms with Crippen molar-refractivity contribution >= 4 is 16.0 Å². The van der Waals surface area contributed by atoms with E-state index in [4.69, 9.17) is 5.11 Å². The molecule has 2 atom stereocenters. The van der Waals surface area contributed by atoms with E-state index in [0.29, 0.717) is 24.4 Å². The molecule has 1 aromatic carbocycles. The molecule has 0 bridgehead atoms. The lowest BCUT2D eigenvalue weighted by molar-refractivity contribution is 0.0696. The van der Waals surface area contributed by atoms with Crippen LogP contribution in [0.1, 0.15) is 49.5 Å². The Labute approximate surface area is 150 Å². The highest BCUT2D eigenvalue weighted by Crippen LogP contribution is 2.20. The third-order valence-corrected chi connectivity index (χ3v) is 6.37. The van der Waals surface area contributed by atoms with Crippen molar-refractivity contribution in [2.24, 2.45) is 5.92 Å². The van der Waals surface area contributed by atoms with Crippen LogP contribution in [0.15, 0.2) is 23.1 Å². The molecule has 1 aliphatic rings. The Kier molecular flexibility index (Phi) is 6.59. The average molecular weight is 368 g/mol. The van der Waals surface area contributed by atoms with Gasteiger partial charge in [-0.05, 0) is 56.3 Å². The van der Waals surface area contributed by atoms with Crippen molar-refractivity contribution in [3.63, 3.8) is 0 Å². The van der Waals surface area contributed by atoms with Gasteiger partial charge in [-0.15, -0.1) is 0 Å². The van der Waals surface area contributed by atoms with Gasteiger partial charge in [-0.3, -0.25) is 4.90 Å². The van der Waals surface area contributed by atoms with Gasteiger partial charge >= 0.3 is 5.97 Å². The van der Waals surface area contributed by atoms with Crippen LogP contribution >= 0.6 is 0 Å². The summed E-state index contributed by atoms with van der Waals surface area (Å²) >= 11 is 0. The number of piperidine rings is 1. The van der Waals surface area contributed by atoms with Gasteiger partial charge in [0.15, 0.2) is 0 Å². The molecule has 0 spiro atoms. The summed E-state index contributed by atoms with van der Waals surface area (Å²) in [7, 11) is -3.75. The largest absolute Gasteiger partial charge is 0.478 e. The van der Waals surface area contributed by atoms with E-state index in [-0.39, 0.29) is 16.5 Å². The van der Waals surface area contributed by atoms with E-state index in [1.807, 2.05) is 13.8 Å². The smallest absolute Gasteiger partial charge is 0.335 e. The molecule has 7 heteroatoms. The van der Waals surface area contributed by atoms with Crippen LogP contribution in [0.25, 0.3) is 0 Å². The Morgan fingerprint density at radius 2 is 2.16 bits per heavy atom. The monoisotopic (exact) mass is 368 g/mol. The molecule has 2 unspecified atom stereocenters. The highest BCUT2D eigenvalue weighted by molar-refractivity contribution is 7.89. The van der Waals surface area contributed by atoms with Crippen molar-refractivity contribution in [1.29, 1.82) is 0 Å². The lowest BCUT2D eigenvalue weighted by Crippen LogP contribution is -2.46. The summed E-state index contributed by atoms with van der Waals surface area (Å²) in [6, 6.07) is 4.37. The van der Waals surface area contributed by atoms with E-state index in [9.17, 15) is 13.2 Å². The number of sulfonamides is 1. The van der Waals surface area contributed by atoms with Crippen molar-refractivity contribution in [1.82, 2.24) is 9.62 Å². The maximum absolute atomic E-state index is 12.7. The van der Waals surface area contributed by atoms with E-state index in [2.05, 4.69) is 16.5 Å². The van der Waals surface area contributed by atoms with Crippen LogP contribution in [0.2, 0.25) is 0 Å². The standard InChI is InChI=1S/C18H28N2O4S/c1-4-15-7-8-16(18(21)22)10-17(15)25(23,24)19-11-14(3)20-9-5-6-13(2)12-20/h7-8,10,13-14,19H,4-6,9,11-12H2,1-3H3,(H,21,22). The minimum Gasteiger partial charge on any atom is -0.478 e. The molecule has 6 nitrogen and oxygen atoms in total. The number of benzene rings is 1. The number of carboxylic acid groups (broad SMARTS) is 1.